The Balaban J connectivity index is 2.42. The number of aryl methyl sites for hydroxylation is 1. The van der Waals surface area contributed by atoms with Crippen molar-refractivity contribution in [2.24, 2.45) is 5.73 Å². The van der Waals surface area contributed by atoms with Crippen molar-refractivity contribution < 1.29 is 18.1 Å². The topological polar surface area (TPSA) is 137 Å². The molecule has 0 aliphatic rings. The summed E-state index contributed by atoms with van der Waals surface area (Å²) in [7, 11) is -3.81. The van der Waals surface area contributed by atoms with Gasteiger partial charge in [-0.05, 0) is 19.1 Å². The molecule has 2 aromatic rings. The summed E-state index contributed by atoms with van der Waals surface area (Å²) >= 11 is 2.28. The van der Waals surface area contributed by atoms with Gasteiger partial charge in [0.1, 0.15) is 0 Å². The largest absolute Gasteiger partial charge is 0.369 e. The van der Waals surface area contributed by atoms with Gasteiger partial charge in [0.15, 0.2) is 4.34 Å². The van der Waals surface area contributed by atoms with Gasteiger partial charge in [-0.3, -0.25) is 14.9 Å². The summed E-state index contributed by atoms with van der Waals surface area (Å²) < 4.78 is 27.0. The molecule has 12 heteroatoms. The normalized spacial score (nSPS) is 11.7. The number of nitrogens with two attached hydrogens (primary N) is 1. The van der Waals surface area contributed by atoms with Crippen LogP contribution in [0.5, 0.6) is 0 Å². The van der Waals surface area contributed by atoms with Gasteiger partial charge in [-0.25, -0.2) is 13.4 Å². The molecule has 0 fully saturated rings. The molecule has 9 nitrogen and oxygen atoms in total. The molecule has 0 saturated carbocycles. The Labute approximate surface area is 171 Å². The predicted octanol–water partition coefficient (Wildman–Crippen LogP) is 2.57. The van der Waals surface area contributed by atoms with Crippen molar-refractivity contribution in [2.45, 2.75) is 41.3 Å². The number of aromatic nitrogens is 1. The molecule has 0 aliphatic carbocycles. The quantitative estimate of drug-likeness (QED) is 0.463. The van der Waals surface area contributed by atoms with E-state index in [9.17, 15) is 23.3 Å². The summed E-state index contributed by atoms with van der Waals surface area (Å²) in [4.78, 5) is 27.2. The number of hydrogen-bond donors (Lipinski definition) is 1. The number of nitro benzene ring substituents is 1. The van der Waals surface area contributed by atoms with Crippen molar-refractivity contribution in [1.29, 1.82) is 0 Å². The fourth-order valence-corrected chi connectivity index (χ4v) is 6.22. The minimum Gasteiger partial charge on any atom is -0.369 e. The maximum absolute atomic E-state index is 12.6. The standard InChI is InChI=1S/C16H20N4O5S3/c1-4-19(5-2)28(24,25)11-6-7-13(12(8-11)20(22)23)26-16-18-10(3)14(27-16)9-15(17)21/h6-8H,4-5,9H2,1-3H3,(H2,17,21). The van der Waals surface area contributed by atoms with Crippen molar-refractivity contribution >= 4 is 44.7 Å². The Morgan fingerprint density at radius 1 is 1.36 bits per heavy atom. The van der Waals surface area contributed by atoms with Crippen LogP contribution in [0.1, 0.15) is 24.4 Å². The van der Waals surface area contributed by atoms with Crippen molar-refractivity contribution in [3.8, 4) is 0 Å². The molecule has 2 N–H and O–H groups in total. The van der Waals surface area contributed by atoms with Gasteiger partial charge in [0, 0.05) is 24.0 Å². The van der Waals surface area contributed by atoms with Gasteiger partial charge < -0.3 is 5.73 Å². The van der Waals surface area contributed by atoms with E-state index in [2.05, 4.69) is 4.98 Å². The van der Waals surface area contributed by atoms with E-state index in [1.54, 1.807) is 20.8 Å². The summed E-state index contributed by atoms with van der Waals surface area (Å²) in [5.41, 5.74) is 5.52. The first-order chi connectivity index (χ1) is 13.1. The van der Waals surface area contributed by atoms with E-state index in [0.29, 0.717) is 14.9 Å². The molecule has 1 aromatic heterocycles. The lowest BCUT2D eigenvalue weighted by Gasteiger charge is -2.18. The predicted molar refractivity (Wildman–Crippen MR) is 107 cm³/mol. The van der Waals surface area contributed by atoms with E-state index in [-0.39, 0.29) is 35.0 Å². The van der Waals surface area contributed by atoms with Crippen LogP contribution in [0.15, 0.2) is 32.3 Å². The van der Waals surface area contributed by atoms with Crippen LogP contribution in [0, 0.1) is 17.0 Å². The van der Waals surface area contributed by atoms with Gasteiger partial charge in [-0.15, -0.1) is 11.3 Å². The molecule has 0 saturated heterocycles. The lowest BCUT2D eigenvalue weighted by molar-refractivity contribution is -0.388. The number of thiazole rings is 1. The van der Waals surface area contributed by atoms with Gasteiger partial charge in [0.25, 0.3) is 5.69 Å². The van der Waals surface area contributed by atoms with E-state index in [0.717, 1.165) is 17.8 Å². The first-order valence-corrected chi connectivity index (χ1v) is 11.4. The highest BCUT2D eigenvalue weighted by atomic mass is 32.2. The Morgan fingerprint density at radius 2 is 2.00 bits per heavy atom. The third-order valence-corrected chi connectivity index (χ3v) is 8.20. The third kappa shape index (κ3) is 4.87. The molecular weight excluding hydrogens is 424 g/mol. The van der Waals surface area contributed by atoms with E-state index >= 15 is 0 Å². The zero-order chi connectivity index (χ0) is 21.1. The van der Waals surface area contributed by atoms with Crippen LogP contribution >= 0.6 is 23.1 Å². The second-order valence-corrected chi connectivity index (χ2v) is 10.0. The number of amides is 1. The van der Waals surface area contributed by atoms with Crippen LogP contribution in [-0.4, -0.2) is 41.6 Å². The molecule has 0 spiro atoms. The Morgan fingerprint density at radius 3 is 2.54 bits per heavy atom. The number of carbonyl (C=O) groups excluding carboxylic acids is 1. The Hall–Kier alpha value is -2.02. The first kappa shape index (κ1) is 22.3. The SMILES string of the molecule is CCN(CC)S(=O)(=O)c1ccc(Sc2nc(C)c(CC(N)=O)s2)c([N+](=O)[O-])c1. The van der Waals surface area contributed by atoms with Crippen molar-refractivity contribution in [3.63, 3.8) is 0 Å². The summed E-state index contributed by atoms with van der Waals surface area (Å²) in [5, 5.41) is 11.5. The van der Waals surface area contributed by atoms with Gasteiger partial charge in [0.05, 0.1) is 26.8 Å². The monoisotopic (exact) mass is 444 g/mol. The number of nitrogens with zero attached hydrogens (tertiary/aromatic N) is 3. The third-order valence-electron chi connectivity index (χ3n) is 3.88. The number of benzene rings is 1. The summed E-state index contributed by atoms with van der Waals surface area (Å²) in [6, 6.07) is 3.83. The number of nitro groups is 1. The Kier molecular flexibility index (Phi) is 7.15. The maximum atomic E-state index is 12.6. The molecule has 2 rings (SSSR count). The van der Waals surface area contributed by atoms with Crippen LogP contribution in [0.3, 0.4) is 0 Å². The number of primary amides is 1. The van der Waals surface area contributed by atoms with E-state index in [1.165, 1.54) is 27.8 Å². The van der Waals surface area contributed by atoms with E-state index in [1.807, 2.05) is 0 Å². The lowest BCUT2D eigenvalue weighted by Crippen LogP contribution is -2.30. The number of sulfonamides is 1. The van der Waals surface area contributed by atoms with Gasteiger partial charge >= 0.3 is 0 Å². The smallest absolute Gasteiger partial charge is 0.284 e. The fourth-order valence-electron chi connectivity index (χ4n) is 2.46. The van der Waals surface area contributed by atoms with Crippen LogP contribution in [-0.2, 0) is 21.2 Å². The summed E-state index contributed by atoms with van der Waals surface area (Å²) in [6.07, 6.45) is 0.0488. The zero-order valence-electron chi connectivity index (χ0n) is 15.5. The average molecular weight is 445 g/mol. The van der Waals surface area contributed by atoms with Crippen LogP contribution in [0.2, 0.25) is 0 Å². The highest BCUT2D eigenvalue weighted by Gasteiger charge is 2.26. The van der Waals surface area contributed by atoms with E-state index in [4.69, 9.17) is 5.73 Å². The van der Waals surface area contributed by atoms with E-state index < -0.39 is 20.9 Å². The summed E-state index contributed by atoms with van der Waals surface area (Å²) in [5.74, 6) is -0.486. The number of rotatable bonds is 9. The maximum Gasteiger partial charge on any atom is 0.284 e. The Bertz CT molecular complexity index is 1000. The fraction of sp³-hybridized carbons (Fsp3) is 0.375. The zero-order valence-corrected chi connectivity index (χ0v) is 18.0. The molecule has 0 atom stereocenters. The molecule has 0 aliphatic heterocycles. The number of carbonyl (C=O) groups is 1. The van der Waals surface area contributed by atoms with Crippen molar-refractivity contribution in [3.05, 3.63) is 38.9 Å². The molecule has 1 heterocycles. The summed E-state index contributed by atoms with van der Waals surface area (Å²) in [6.45, 7) is 5.67. The number of hydrogen-bond acceptors (Lipinski definition) is 8. The average Bonchev–Trinajstić information content (AvgIpc) is 2.94. The van der Waals surface area contributed by atoms with Gasteiger partial charge in [0.2, 0.25) is 15.9 Å². The molecule has 0 radical (unpaired) electrons. The molecule has 1 aromatic carbocycles. The molecule has 152 valence electrons. The first-order valence-electron chi connectivity index (χ1n) is 8.31. The molecular formula is C16H20N4O5S3. The van der Waals surface area contributed by atoms with Gasteiger partial charge in [-0.2, -0.15) is 4.31 Å². The van der Waals surface area contributed by atoms with Crippen molar-refractivity contribution in [2.75, 3.05) is 13.1 Å². The van der Waals surface area contributed by atoms with Crippen molar-refractivity contribution in [1.82, 2.24) is 9.29 Å². The van der Waals surface area contributed by atoms with Gasteiger partial charge in [-0.1, -0.05) is 25.6 Å². The lowest BCUT2D eigenvalue weighted by atomic mass is 10.3. The minimum absolute atomic E-state index is 0.0488. The highest BCUT2D eigenvalue weighted by Crippen LogP contribution is 2.39. The molecule has 1 amide bonds. The van der Waals surface area contributed by atoms with Crippen LogP contribution in [0.25, 0.3) is 0 Å². The second-order valence-electron chi connectivity index (χ2n) is 5.71. The van der Waals surface area contributed by atoms with Crippen LogP contribution < -0.4 is 5.73 Å². The second kappa shape index (κ2) is 8.99. The molecule has 0 bridgehead atoms. The molecule has 28 heavy (non-hydrogen) atoms. The van der Waals surface area contributed by atoms with Crippen LogP contribution in [0.4, 0.5) is 5.69 Å². The molecule has 0 unspecified atom stereocenters. The minimum atomic E-state index is -3.81. The highest BCUT2D eigenvalue weighted by molar-refractivity contribution is 8.01.